The molecule has 0 unspecified atom stereocenters. The Morgan fingerprint density at radius 1 is 1.28 bits per heavy atom. The fraction of sp³-hybridized carbons (Fsp3) is 0.0769. The van der Waals surface area contributed by atoms with E-state index in [1.807, 2.05) is 0 Å². The van der Waals surface area contributed by atoms with Gasteiger partial charge in [-0.1, -0.05) is 0 Å². The summed E-state index contributed by atoms with van der Waals surface area (Å²) >= 11 is 0. The standard InChI is InChI=1S/C13H8F4N4O4/c1-25-7-3-5(2-6(11(7)22)21(23)24)4-18-20-10-8(14)12(16)19-13(17)9(10)15/h2-4,22H,1H3,(H,19,20)/b18-4-. The second-order valence-electron chi connectivity index (χ2n) is 4.41. The van der Waals surface area contributed by atoms with E-state index in [0.717, 1.165) is 25.5 Å². The fourth-order valence-electron chi connectivity index (χ4n) is 1.74. The maximum atomic E-state index is 13.4. The Bertz CT molecular complexity index is 850. The lowest BCUT2D eigenvalue weighted by Gasteiger charge is -2.06. The summed E-state index contributed by atoms with van der Waals surface area (Å²) in [5.41, 5.74) is -0.215. The third-order valence-corrected chi connectivity index (χ3v) is 2.88. The molecule has 1 aromatic heterocycles. The maximum absolute atomic E-state index is 13.4. The molecule has 0 amide bonds. The molecule has 0 radical (unpaired) electrons. The highest BCUT2D eigenvalue weighted by Gasteiger charge is 2.21. The number of halogens is 4. The summed E-state index contributed by atoms with van der Waals surface area (Å²) in [6.07, 6.45) is 0.851. The number of pyridine rings is 1. The molecule has 2 N–H and O–H groups in total. The van der Waals surface area contributed by atoms with Crippen molar-refractivity contribution in [3.05, 3.63) is 51.3 Å². The zero-order chi connectivity index (χ0) is 18.7. The fourth-order valence-corrected chi connectivity index (χ4v) is 1.74. The number of hydrogen-bond donors (Lipinski definition) is 2. The van der Waals surface area contributed by atoms with Crippen LogP contribution in [0.5, 0.6) is 11.5 Å². The van der Waals surface area contributed by atoms with Crippen LogP contribution in [0.25, 0.3) is 0 Å². The first kappa shape index (κ1) is 17.9. The molecule has 132 valence electrons. The number of nitro groups is 1. The lowest BCUT2D eigenvalue weighted by molar-refractivity contribution is -0.386. The quantitative estimate of drug-likeness (QED) is 0.279. The molecule has 0 aliphatic rings. The van der Waals surface area contributed by atoms with Crippen molar-refractivity contribution in [1.29, 1.82) is 0 Å². The molecule has 0 aliphatic carbocycles. The molecule has 0 atom stereocenters. The molecular weight excluding hydrogens is 352 g/mol. The van der Waals surface area contributed by atoms with Gasteiger partial charge >= 0.3 is 5.69 Å². The van der Waals surface area contributed by atoms with Gasteiger partial charge in [0.25, 0.3) is 11.9 Å². The van der Waals surface area contributed by atoms with E-state index in [9.17, 15) is 32.8 Å². The number of anilines is 1. The van der Waals surface area contributed by atoms with Crippen LogP contribution in [0.4, 0.5) is 28.9 Å². The largest absolute Gasteiger partial charge is 0.500 e. The highest BCUT2D eigenvalue weighted by atomic mass is 19.2. The van der Waals surface area contributed by atoms with Crippen molar-refractivity contribution in [3.63, 3.8) is 0 Å². The molecule has 1 heterocycles. The van der Waals surface area contributed by atoms with Crippen LogP contribution in [0.3, 0.4) is 0 Å². The zero-order valence-electron chi connectivity index (χ0n) is 12.3. The Kier molecular flexibility index (Phi) is 5.00. The van der Waals surface area contributed by atoms with Crippen LogP contribution < -0.4 is 10.2 Å². The lowest BCUT2D eigenvalue weighted by Crippen LogP contribution is -2.06. The van der Waals surface area contributed by atoms with Crippen molar-refractivity contribution < 1.29 is 32.3 Å². The van der Waals surface area contributed by atoms with E-state index in [4.69, 9.17) is 4.74 Å². The van der Waals surface area contributed by atoms with E-state index in [1.165, 1.54) is 0 Å². The minimum absolute atomic E-state index is 0.00957. The molecule has 0 bridgehead atoms. The van der Waals surface area contributed by atoms with Gasteiger partial charge in [0.2, 0.25) is 17.4 Å². The topological polar surface area (TPSA) is 110 Å². The number of aromatic hydroxyl groups is 1. The number of nitro benzene ring substituents is 1. The molecule has 0 saturated heterocycles. The van der Waals surface area contributed by atoms with Crippen molar-refractivity contribution in [2.45, 2.75) is 0 Å². The number of phenolic OH excluding ortho intramolecular Hbond substituents is 1. The molecule has 8 nitrogen and oxygen atoms in total. The first-order valence-corrected chi connectivity index (χ1v) is 6.30. The number of aromatic nitrogens is 1. The van der Waals surface area contributed by atoms with E-state index in [1.54, 1.807) is 5.43 Å². The number of phenols is 1. The molecule has 25 heavy (non-hydrogen) atoms. The van der Waals surface area contributed by atoms with E-state index < -0.39 is 45.6 Å². The van der Waals surface area contributed by atoms with Crippen molar-refractivity contribution >= 4 is 17.6 Å². The Hall–Kier alpha value is -3.44. The summed E-state index contributed by atoms with van der Waals surface area (Å²) in [4.78, 5) is 12.3. The van der Waals surface area contributed by atoms with Crippen molar-refractivity contribution in [1.82, 2.24) is 4.98 Å². The number of hydrogen-bond acceptors (Lipinski definition) is 7. The number of hydrazone groups is 1. The van der Waals surface area contributed by atoms with Crippen LogP contribution in [0, 0.1) is 33.6 Å². The SMILES string of the molecule is COc1cc(/C=N\Nc2c(F)c(F)nc(F)c2F)cc([N+](=O)[O-])c1O. The third kappa shape index (κ3) is 3.57. The molecule has 12 heteroatoms. The Balaban J connectivity index is 2.35. The van der Waals surface area contributed by atoms with Crippen LogP contribution in [0.1, 0.15) is 5.56 Å². The van der Waals surface area contributed by atoms with Gasteiger partial charge in [0.15, 0.2) is 5.75 Å². The number of methoxy groups -OCH3 is 1. The second kappa shape index (κ2) is 6.98. The molecule has 0 spiro atoms. The van der Waals surface area contributed by atoms with Crippen LogP contribution in [0.2, 0.25) is 0 Å². The number of rotatable bonds is 5. The lowest BCUT2D eigenvalue weighted by atomic mass is 10.2. The Morgan fingerprint density at radius 2 is 1.88 bits per heavy atom. The predicted molar refractivity (Wildman–Crippen MR) is 76.6 cm³/mol. The molecule has 0 saturated carbocycles. The highest BCUT2D eigenvalue weighted by Crippen LogP contribution is 2.36. The van der Waals surface area contributed by atoms with Gasteiger partial charge in [-0.2, -0.15) is 27.6 Å². The van der Waals surface area contributed by atoms with Gasteiger partial charge in [-0.25, -0.2) is 0 Å². The Morgan fingerprint density at radius 3 is 2.40 bits per heavy atom. The normalized spacial score (nSPS) is 10.9. The highest BCUT2D eigenvalue weighted by molar-refractivity contribution is 5.83. The van der Waals surface area contributed by atoms with Gasteiger partial charge in [0.1, 0.15) is 5.69 Å². The molecular formula is C13H8F4N4O4. The first-order chi connectivity index (χ1) is 11.8. The first-order valence-electron chi connectivity index (χ1n) is 6.30. The van der Waals surface area contributed by atoms with Crippen molar-refractivity contribution in [3.8, 4) is 11.5 Å². The van der Waals surface area contributed by atoms with Crippen LogP contribution in [-0.2, 0) is 0 Å². The number of ether oxygens (including phenoxy) is 1. The van der Waals surface area contributed by atoms with Crippen LogP contribution >= 0.6 is 0 Å². The van der Waals surface area contributed by atoms with Gasteiger partial charge in [0.05, 0.1) is 18.2 Å². The number of nitrogens with one attached hydrogen (secondary N) is 1. The van der Waals surface area contributed by atoms with Gasteiger partial charge in [-0.3, -0.25) is 15.5 Å². The average Bonchev–Trinajstić information content (AvgIpc) is 2.57. The van der Waals surface area contributed by atoms with Gasteiger partial charge < -0.3 is 9.84 Å². The summed E-state index contributed by atoms with van der Waals surface area (Å²) in [5, 5.41) is 23.8. The van der Waals surface area contributed by atoms with Gasteiger partial charge in [-0.15, -0.1) is 0 Å². The average molecular weight is 360 g/mol. The summed E-state index contributed by atoms with van der Waals surface area (Å²) < 4.78 is 57.4. The van der Waals surface area contributed by atoms with E-state index in [-0.39, 0.29) is 11.3 Å². The third-order valence-electron chi connectivity index (χ3n) is 2.88. The van der Waals surface area contributed by atoms with Crippen LogP contribution in [-0.4, -0.2) is 28.3 Å². The summed E-state index contributed by atoms with van der Waals surface area (Å²) in [6, 6.07) is 2.03. The molecule has 2 rings (SSSR count). The van der Waals surface area contributed by atoms with E-state index in [2.05, 4.69) is 10.1 Å². The summed E-state index contributed by atoms with van der Waals surface area (Å²) in [6.45, 7) is 0. The zero-order valence-corrected chi connectivity index (χ0v) is 12.3. The molecule has 2 aromatic rings. The van der Waals surface area contributed by atoms with E-state index >= 15 is 0 Å². The van der Waals surface area contributed by atoms with Gasteiger partial charge in [-0.05, 0) is 6.07 Å². The number of nitrogens with zero attached hydrogens (tertiary/aromatic N) is 3. The van der Waals surface area contributed by atoms with Crippen molar-refractivity contribution in [2.75, 3.05) is 12.5 Å². The van der Waals surface area contributed by atoms with Gasteiger partial charge in [0, 0.05) is 11.6 Å². The molecule has 0 fully saturated rings. The summed E-state index contributed by atoms with van der Waals surface area (Å²) in [7, 11) is 1.14. The monoisotopic (exact) mass is 360 g/mol. The smallest absolute Gasteiger partial charge is 0.315 e. The number of benzene rings is 1. The van der Waals surface area contributed by atoms with E-state index in [0.29, 0.717) is 0 Å². The van der Waals surface area contributed by atoms with Crippen LogP contribution in [0.15, 0.2) is 17.2 Å². The Labute approximate surface area is 136 Å². The van der Waals surface area contributed by atoms with Crippen molar-refractivity contribution in [2.24, 2.45) is 5.10 Å². The molecule has 1 aromatic carbocycles. The maximum Gasteiger partial charge on any atom is 0.315 e. The second-order valence-corrected chi connectivity index (χ2v) is 4.41. The molecule has 0 aliphatic heterocycles. The summed E-state index contributed by atoms with van der Waals surface area (Å²) in [5.74, 6) is -8.34. The minimum atomic E-state index is -1.88. The minimum Gasteiger partial charge on any atom is -0.500 e. The predicted octanol–water partition coefficient (Wildman–Crippen LogP) is 2.71.